The first-order valence-electron chi connectivity index (χ1n) is 7.42. The Kier molecular flexibility index (Phi) is 5.28. The van der Waals surface area contributed by atoms with E-state index in [1.165, 1.54) is 4.88 Å². The van der Waals surface area contributed by atoms with Gasteiger partial charge in [-0.1, -0.05) is 18.2 Å². The third-order valence-electron chi connectivity index (χ3n) is 3.99. The van der Waals surface area contributed by atoms with E-state index in [-0.39, 0.29) is 11.9 Å². The fourth-order valence-corrected chi connectivity index (χ4v) is 4.14. The predicted octanol–water partition coefficient (Wildman–Crippen LogP) is 4.41. The number of hydrogen-bond donors (Lipinski definition) is 1. The van der Waals surface area contributed by atoms with Crippen LogP contribution >= 0.6 is 27.3 Å². The number of carbonyl (C=O) groups excluding carboxylic acids is 1. The Morgan fingerprint density at radius 1 is 1.23 bits per heavy atom. The average molecular weight is 380 g/mol. The number of rotatable bonds is 4. The lowest BCUT2D eigenvalue weighted by Gasteiger charge is -2.30. The molecule has 1 unspecified atom stereocenters. The molecule has 1 N–H and O–H groups in total. The highest BCUT2D eigenvalue weighted by atomic mass is 79.9. The van der Waals surface area contributed by atoms with Gasteiger partial charge in [-0.25, -0.2) is 0 Å². The maximum atomic E-state index is 12.6. The molecule has 1 atom stereocenters. The molecule has 116 valence electrons. The monoisotopic (exact) mass is 379 g/mol. The molecule has 1 fully saturated rings. The molecule has 1 aliphatic rings. The minimum atomic E-state index is -0.0302. The Bertz CT molecular complexity index is 623. The number of nitrogens with one attached hydrogen (secondary N) is 1. The summed E-state index contributed by atoms with van der Waals surface area (Å²) in [6.45, 7) is 1.55. The molecule has 0 saturated carbocycles. The van der Waals surface area contributed by atoms with Crippen LogP contribution in [0.3, 0.4) is 0 Å². The van der Waals surface area contributed by atoms with Crippen LogP contribution in [0, 0.1) is 5.92 Å². The lowest BCUT2D eigenvalue weighted by atomic mass is 9.90. The Hall–Kier alpha value is -1.17. The molecule has 0 spiro atoms. The van der Waals surface area contributed by atoms with E-state index in [0.717, 1.165) is 30.5 Å². The lowest BCUT2D eigenvalue weighted by Crippen LogP contribution is -2.35. The van der Waals surface area contributed by atoms with Crippen LogP contribution in [0.5, 0.6) is 0 Å². The molecule has 1 aromatic carbocycles. The van der Waals surface area contributed by atoms with Crippen molar-refractivity contribution < 1.29 is 9.53 Å². The van der Waals surface area contributed by atoms with Crippen LogP contribution < -0.4 is 5.32 Å². The van der Waals surface area contributed by atoms with Crippen molar-refractivity contribution >= 4 is 33.2 Å². The van der Waals surface area contributed by atoms with E-state index in [2.05, 4.69) is 32.7 Å². The van der Waals surface area contributed by atoms with Gasteiger partial charge in [-0.3, -0.25) is 4.79 Å². The predicted molar refractivity (Wildman–Crippen MR) is 92.2 cm³/mol. The number of ether oxygens (including phenoxy) is 1. The van der Waals surface area contributed by atoms with Crippen molar-refractivity contribution in [2.75, 3.05) is 13.2 Å². The first kappa shape index (κ1) is 15.7. The lowest BCUT2D eigenvalue weighted by molar-refractivity contribution is 0.0518. The zero-order chi connectivity index (χ0) is 15.4. The Morgan fingerprint density at radius 3 is 2.68 bits per heavy atom. The van der Waals surface area contributed by atoms with Gasteiger partial charge in [0.2, 0.25) is 0 Å². The molecule has 1 amide bonds. The van der Waals surface area contributed by atoms with Gasteiger partial charge < -0.3 is 10.1 Å². The average Bonchev–Trinajstić information content (AvgIpc) is 3.08. The van der Waals surface area contributed by atoms with Crippen molar-refractivity contribution in [1.82, 2.24) is 5.32 Å². The second-order valence-electron chi connectivity index (χ2n) is 5.40. The number of carbonyl (C=O) groups is 1. The molecule has 0 bridgehead atoms. The summed E-state index contributed by atoms with van der Waals surface area (Å²) in [5.74, 6) is 0.399. The summed E-state index contributed by atoms with van der Waals surface area (Å²) in [6.07, 6.45) is 1.97. The van der Waals surface area contributed by atoms with E-state index in [1.807, 2.05) is 30.3 Å². The molecule has 5 heteroatoms. The summed E-state index contributed by atoms with van der Waals surface area (Å²) < 4.78 is 6.28. The summed E-state index contributed by atoms with van der Waals surface area (Å²) in [5.41, 5.74) is 0.677. The fourth-order valence-electron chi connectivity index (χ4n) is 2.80. The summed E-state index contributed by atoms with van der Waals surface area (Å²) >= 11 is 5.15. The number of benzene rings is 1. The number of thiophene rings is 1. The van der Waals surface area contributed by atoms with Gasteiger partial charge in [0.25, 0.3) is 5.91 Å². The fraction of sp³-hybridized carbons (Fsp3) is 0.353. The van der Waals surface area contributed by atoms with E-state index in [9.17, 15) is 4.79 Å². The van der Waals surface area contributed by atoms with Gasteiger partial charge in [0.05, 0.1) is 11.6 Å². The van der Waals surface area contributed by atoms with Crippen LogP contribution in [0.25, 0.3) is 0 Å². The summed E-state index contributed by atoms with van der Waals surface area (Å²) in [6, 6.07) is 11.7. The van der Waals surface area contributed by atoms with Crippen LogP contribution in [-0.4, -0.2) is 19.1 Å². The molecule has 1 aromatic heterocycles. The SMILES string of the molecule is O=C(NC(c1cccs1)C1CCOCC1)c1ccccc1Br. The highest BCUT2D eigenvalue weighted by Gasteiger charge is 2.28. The quantitative estimate of drug-likeness (QED) is 0.854. The maximum absolute atomic E-state index is 12.6. The van der Waals surface area contributed by atoms with Crippen LogP contribution in [0.4, 0.5) is 0 Å². The van der Waals surface area contributed by atoms with Gasteiger partial charge in [0.1, 0.15) is 0 Å². The van der Waals surface area contributed by atoms with Gasteiger partial charge >= 0.3 is 0 Å². The second kappa shape index (κ2) is 7.40. The van der Waals surface area contributed by atoms with Gasteiger partial charge in [0, 0.05) is 22.6 Å². The molecule has 3 nitrogen and oxygen atoms in total. The number of amides is 1. The molecule has 22 heavy (non-hydrogen) atoms. The van der Waals surface area contributed by atoms with E-state index in [4.69, 9.17) is 4.74 Å². The standard InChI is InChI=1S/C17H18BrNO2S/c18-14-5-2-1-4-13(14)17(20)19-16(15-6-3-11-22-15)12-7-9-21-10-8-12/h1-6,11-12,16H,7-10H2,(H,19,20). The second-order valence-corrected chi connectivity index (χ2v) is 7.23. The summed E-state index contributed by atoms with van der Waals surface area (Å²) in [5, 5.41) is 5.29. The number of halogens is 1. The van der Waals surface area contributed by atoms with Crippen molar-refractivity contribution in [3.8, 4) is 0 Å². The molecule has 2 aromatic rings. The Morgan fingerprint density at radius 2 is 2.00 bits per heavy atom. The number of hydrogen-bond acceptors (Lipinski definition) is 3. The minimum Gasteiger partial charge on any atom is -0.381 e. The highest BCUT2D eigenvalue weighted by molar-refractivity contribution is 9.10. The molecule has 3 rings (SSSR count). The van der Waals surface area contributed by atoms with Crippen LogP contribution in [0.2, 0.25) is 0 Å². The third-order valence-corrected chi connectivity index (χ3v) is 5.64. The Labute approximate surface area is 142 Å². The zero-order valence-corrected chi connectivity index (χ0v) is 14.5. The van der Waals surface area contributed by atoms with Crippen molar-refractivity contribution in [2.45, 2.75) is 18.9 Å². The summed E-state index contributed by atoms with van der Waals surface area (Å²) in [4.78, 5) is 13.9. The van der Waals surface area contributed by atoms with Gasteiger partial charge in [-0.2, -0.15) is 0 Å². The van der Waals surface area contributed by atoms with E-state index < -0.39 is 0 Å². The molecule has 1 aliphatic heterocycles. The van der Waals surface area contributed by atoms with Gasteiger partial charge in [0.15, 0.2) is 0 Å². The van der Waals surface area contributed by atoms with Crippen molar-refractivity contribution in [3.05, 3.63) is 56.7 Å². The van der Waals surface area contributed by atoms with E-state index in [0.29, 0.717) is 11.5 Å². The third kappa shape index (κ3) is 3.59. The Balaban J connectivity index is 1.81. The minimum absolute atomic E-state index is 0.0302. The maximum Gasteiger partial charge on any atom is 0.252 e. The van der Waals surface area contributed by atoms with E-state index in [1.54, 1.807) is 11.3 Å². The van der Waals surface area contributed by atoms with Gasteiger partial charge in [-0.15, -0.1) is 11.3 Å². The summed E-state index contributed by atoms with van der Waals surface area (Å²) in [7, 11) is 0. The first-order chi connectivity index (χ1) is 10.8. The first-order valence-corrected chi connectivity index (χ1v) is 9.09. The molecule has 0 radical (unpaired) electrons. The van der Waals surface area contributed by atoms with Crippen LogP contribution in [0.15, 0.2) is 46.3 Å². The van der Waals surface area contributed by atoms with Crippen LogP contribution in [0.1, 0.15) is 34.1 Å². The smallest absolute Gasteiger partial charge is 0.252 e. The largest absolute Gasteiger partial charge is 0.381 e. The molecule has 2 heterocycles. The molecule has 1 saturated heterocycles. The molecular formula is C17H18BrNO2S. The molecule has 0 aliphatic carbocycles. The van der Waals surface area contributed by atoms with Gasteiger partial charge in [-0.05, 0) is 58.3 Å². The van der Waals surface area contributed by atoms with E-state index >= 15 is 0 Å². The van der Waals surface area contributed by atoms with Crippen molar-refractivity contribution in [1.29, 1.82) is 0 Å². The highest BCUT2D eigenvalue weighted by Crippen LogP contribution is 2.33. The normalized spacial score (nSPS) is 17.1. The molecular weight excluding hydrogens is 362 g/mol. The van der Waals surface area contributed by atoms with Crippen LogP contribution in [-0.2, 0) is 4.74 Å². The van der Waals surface area contributed by atoms with Crippen molar-refractivity contribution in [2.24, 2.45) is 5.92 Å². The van der Waals surface area contributed by atoms with Crippen molar-refractivity contribution in [3.63, 3.8) is 0 Å². The zero-order valence-electron chi connectivity index (χ0n) is 12.1. The topological polar surface area (TPSA) is 38.3 Å².